The lowest BCUT2D eigenvalue weighted by atomic mass is 9.91. The maximum atomic E-state index is 14.8. The van der Waals surface area contributed by atoms with E-state index in [-0.39, 0.29) is 22.3 Å². The number of hydrogen-bond donors (Lipinski definition) is 1. The van der Waals surface area contributed by atoms with Gasteiger partial charge in [0.2, 0.25) is 0 Å². The Morgan fingerprint density at radius 1 is 0.857 bits per heavy atom. The van der Waals surface area contributed by atoms with Crippen molar-refractivity contribution in [2.24, 2.45) is 4.99 Å². The molecule has 0 saturated heterocycles. The van der Waals surface area contributed by atoms with Crippen LogP contribution in [-0.4, -0.2) is 25.4 Å². The molecule has 0 bridgehead atoms. The Morgan fingerprint density at radius 2 is 1.57 bits per heavy atom. The van der Waals surface area contributed by atoms with Gasteiger partial charge in [0.15, 0.2) is 0 Å². The smallest absolute Gasteiger partial charge is 0.407 e. The Labute approximate surface area is 193 Å². The van der Waals surface area contributed by atoms with Crippen molar-refractivity contribution in [3.63, 3.8) is 0 Å². The number of rotatable bonds is 4. The van der Waals surface area contributed by atoms with E-state index in [9.17, 15) is 35.1 Å². The predicted octanol–water partition coefficient (Wildman–Crippen LogP) is 7.23. The summed E-state index contributed by atoms with van der Waals surface area (Å²) in [6.07, 6.45) is -9.27. The molecular formula is C24H16F8N2O. The summed E-state index contributed by atoms with van der Waals surface area (Å²) in [4.78, 5) is 3.26. The highest BCUT2D eigenvalue weighted by Gasteiger charge is 2.28. The van der Waals surface area contributed by atoms with E-state index in [1.54, 1.807) is 31.2 Å². The van der Waals surface area contributed by atoms with E-state index < -0.39 is 48.1 Å². The largest absolute Gasteiger partial charge is 0.456 e. The number of anilines is 1. The molecule has 0 atom stereocenters. The highest BCUT2D eigenvalue weighted by atomic mass is 19.4. The Hall–Kier alpha value is -3.63. The highest BCUT2D eigenvalue weighted by molar-refractivity contribution is 6.03. The maximum Gasteiger partial charge on any atom is 0.407 e. The van der Waals surface area contributed by atoms with E-state index in [1.807, 2.05) is 5.32 Å². The Morgan fingerprint density at radius 3 is 2.23 bits per heavy atom. The van der Waals surface area contributed by atoms with Crippen LogP contribution in [0.2, 0.25) is 0 Å². The third kappa shape index (κ3) is 5.39. The fourth-order valence-electron chi connectivity index (χ4n) is 3.69. The summed E-state index contributed by atoms with van der Waals surface area (Å²) in [6.45, 7) is -1.38. The molecule has 35 heavy (non-hydrogen) atoms. The fraction of sp³-hybridized carbons (Fsp3) is 0.208. The molecule has 184 valence electrons. The van der Waals surface area contributed by atoms with E-state index in [1.165, 1.54) is 0 Å². The van der Waals surface area contributed by atoms with Gasteiger partial charge in [0.1, 0.15) is 36.1 Å². The lowest BCUT2D eigenvalue weighted by Gasteiger charge is -2.18. The number of alkyl halides is 6. The molecule has 11 heteroatoms. The van der Waals surface area contributed by atoms with Gasteiger partial charge in [-0.1, -0.05) is 24.3 Å². The topological polar surface area (TPSA) is 37.5 Å². The molecule has 4 rings (SSSR count). The van der Waals surface area contributed by atoms with Crippen LogP contribution >= 0.6 is 0 Å². The average Bonchev–Trinajstić information content (AvgIpc) is 2.75. The molecule has 1 N–H and O–H groups in total. The summed E-state index contributed by atoms with van der Waals surface area (Å²) >= 11 is 0. The molecule has 0 saturated carbocycles. The van der Waals surface area contributed by atoms with Gasteiger partial charge in [-0.15, -0.1) is 0 Å². The lowest BCUT2D eigenvalue weighted by molar-refractivity contribution is -0.118. The van der Waals surface area contributed by atoms with Crippen LogP contribution in [0.5, 0.6) is 0 Å². The third-order valence-electron chi connectivity index (χ3n) is 5.20. The molecule has 0 radical (unpaired) electrons. The Kier molecular flexibility index (Phi) is 6.20. The number of nitrogens with one attached hydrogen (secondary N) is 1. The number of fused-ring (bicyclic) bond motifs is 2. The number of benzene rings is 3. The van der Waals surface area contributed by atoms with Crippen molar-refractivity contribution in [3.05, 3.63) is 71.1 Å². The zero-order chi connectivity index (χ0) is 25.5. The molecular weight excluding hydrogens is 484 g/mol. The Bertz CT molecular complexity index is 1440. The molecule has 3 nitrogen and oxygen atoms in total. The molecule has 0 spiro atoms. The first-order valence-electron chi connectivity index (χ1n) is 10.2. The highest BCUT2D eigenvalue weighted by Crippen LogP contribution is 2.42. The first-order valence-corrected chi connectivity index (χ1v) is 10.2. The van der Waals surface area contributed by atoms with Gasteiger partial charge in [-0.2, -0.15) is 26.3 Å². The monoisotopic (exact) mass is 500 g/mol. The van der Waals surface area contributed by atoms with Crippen molar-refractivity contribution in [1.29, 1.82) is 0 Å². The minimum atomic E-state index is -4.66. The third-order valence-corrected chi connectivity index (χ3v) is 5.20. The number of nitrogens with zero attached hydrogens (tertiary/aromatic N) is 1. The van der Waals surface area contributed by atoms with Crippen LogP contribution in [-0.2, 0) is 0 Å². The van der Waals surface area contributed by atoms with E-state index in [0.29, 0.717) is 16.7 Å². The molecule has 2 aromatic carbocycles. The second-order valence-electron chi connectivity index (χ2n) is 7.82. The molecule has 0 aromatic heterocycles. The SMILES string of the molecule is Cc1ccccc1-c1c2cc(F)c(=NCC(F)(F)F)cc-2oc2cc(NCC(F)(F)F)c(F)cc12. The average molecular weight is 500 g/mol. The van der Waals surface area contributed by atoms with Gasteiger partial charge in [-0.3, -0.25) is 4.99 Å². The molecule has 1 aliphatic carbocycles. The van der Waals surface area contributed by atoms with Gasteiger partial charge in [-0.05, 0) is 30.2 Å². The summed E-state index contributed by atoms with van der Waals surface area (Å²) in [5, 5.41) is 1.49. The van der Waals surface area contributed by atoms with Crippen LogP contribution in [0, 0.1) is 18.6 Å². The normalized spacial score (nSPS) is 13.1. The maximum absolute atomic E-state index is 14.8. The van der Waals surface area contributed by atoms with Crippen LogP contribution in [0.15, 0.2) is 57.9 Å². The molecule has 2 aliphatic rings. The van der Waals surface area contributed by atoms with Gasteiger partial charge in [0, 0.05) is 28.6 Å². The molecule has 0 unspecified atom stereocenters. The van der Waals surface area contributed by atoms with Crippen molar-refractivity contribution in [2.45, 2.75) is 19.3 Å². The fourth-order valence-corrected chi connectivity index (χ4v) is 3.69. The van der Waals surface area contributed by atoms with Gasteiger partial charge < -0.3 is 9.73 Å². The summed E-state index contributed by atoms with van der Waals surface area (Å²) in [6, 6.07) is 10.8. The van der Waals surface area contributed by atoms with Crippen molar-refractivity contribution in [1.82, 2.24) is 0 Å². The van der Waals surface area contributed by atoms with Crippen LogP contribution in [0.25, 0.3) is 33.4 Å². The number of hydrogen-bond acceptors (Lipinski definition) is 3. The zero-order valence-electron chi connectivity index (χ0n) is 17.9. The van der Waals surface area contributed by atoms with Crippen molar-refractivity contribution in [2.75, 3.05) is 18.4 Å². The predicted molar refractivity (Wildman–Crippen MR) is 114 cm³/mol. The van der Waals surface area contributed by atoms with Crippen LogP contribution in [0.1, 0.15) is 5.56 Å². The van der Waals surface area contributed by atoms with Gasteiger partial charge in [-0.25, -0.2) is 8.78 Å². The van der Waals surface area contributed by atoms with Crippen LogP contribution < -0.4 is 10.7 Å². The summed E-state index contributed by atoms with van der Waals surface area (Å²) in [5.41, 5.74) is 1.15. The summed E-state index contributed by atoms with van der Waals surface area (Å²) in [7, 11) is 0. The lowest BCUT2D eigenvalue weighted by Crippen LogP contribution is -2.21. The second kappa shape index (κ2) is 8.86. The van der Waals surface area contributed by atoms with E-state index in [0.717, 1.165) is 24.3 Å². The minimum absolute atomic E-state index is 0.0600. The molecule has 1 aliphatic heterocycles. The van der Waals surface area contributed by atoms with Crippen LogP contribution in [0.3, 0.4) is 0 Å². The first kappa shape index (κ1) is 24.5. The van der Waals surface area contributed by atoms with Gasteiger partial charge in [0.05, 0.1) is 11.0 Å². The molecule has 0 amide bonds. The van der Waals surface area contributed by atoms with Crippen LogP contribution in [0.4, 0.5) is 40.8 Å². The summed E-state index contributed by atoms with van der Waals surface area (Å²) < 4.78 is 111. The quantitative estimate of drug-likeness (QED) is 0.237. The van der Waals surface area contributed by atoms with Crippen molar-refractivity contribution in [3.8, 4) is 22.5 Å². The van der Waals surface area contributed by atoms with E-state index in [4.69, 9.17) is 4.42 Å². The zero-order valence-corrected chi connectivity index (χ0v) is 17.9. The Balaban J connectivity index is 2.03. The van der Waals surface area contributed by atoms with Crippen molar-refractivity contribution >= 4 is 16.7 Å². The molecule has 2 aromatic rings. The summed E-state index contributed by atoms with van der Waals surface area (Å²) in [5.74, 6) is -2.12. The van der Waals surface area contributed by atoms with Gasteiger partial charge >= 0.3 is 12.4 Å². The van der Waals surface area contributed by atoms with Gasteiger partial charge in [0.25, 0.3) is 0 Å². The standard InChI is InChI=1S/C24H16F8N2O/c1-12-4-2-3-5-13(12)22-14-6-16(25)18(33-10-23(27,28)29)8-20(14)35-21-9-19(17(26)7-15(21)22)34-11-24(30,31)32/h2-9,33H,10-11H2,1H3. The molecule has 0 fully saturated rings. The van der Waals surface area contributed by atoms with Crippen molar-refractivity contribution < 1.29 is 39.5 Å². The molecule has 1 heterocycles. The number of halogens is 8. The van der Waals surface area contributed by atoms with E-state index >= 15 is 0 Å². The minimum Gasteiger partial charge on any atom is -0.456 e. The first-order chi connectivity index (χ1) is 16.3. The number of aryl methyl sites for hydroxylation is 1. The van der Waals surface area contributed by atoms with E-state index in [2.05, 4.69) is 4.99 Å². The second-order valence-corrected chi connectivity index (χ2v) is 7.82.